The SMILES string of the molecule is CCn1c(C2(C(=O)OC)CCN(C(=O)N(C)O)CC2)nc(-c2ccc(OC)cc2)c1-c1ccc(OC)cc1. The molecule has 1 aliphatic heterocycles. The first-order valence-electron chi connectivity index (χ1n) is 12.5. The lowest BCUT2D eigenvalue weighted by atomic mass is 9.77. The monoisotopic (exact) mass is 522 g/mol. The number of esters is 1. The Kier molecular flexibility index (Phi) is 7.91. The highest BCUT2D eigenvalue weighted by atomic mass is 16.5. The third-order valence-corrected chi connectivity index (χ3v) is 7.18. The van der Waals surface area contributed by atoms with E-state index in [1.807, 2.05) is 55.5 Å². The number of hydroxylamine groups is 2. The molecular formula is C28H34N4O6. The molecule has 10 nitrogen and oxygen atoms in total. The van der Waals surface area contributed by atoms with Crippen molar-refractivity contribution < 1.29 is 29.0 Å². The van der Waals surface area contributed by atoms with E-state index >= 15 is 0 Å². The van der Waals surface area contributed by atoms with E-state index in [0.29, 0.717) is 30.3 Å². The molecule has 0 aliphatic carbocycles. The molecule has 38 heavy (non-hydrogen) atoms. The molecule has 3 aromatic rings. The van der Waals surface area contributed by atoms with Crippen LogP contribution >= 0.6 is 0 Å². The molecule has 1 saturated heterocycles. The molecule has 1 aromatic heterocycles. The van der Waals surface area contributed by atoms with Crippen LogP contribution < -0.4 is 9.47 Å². The van der Waals surface area contributed by atoms with Crippen molar-refractivity contribution in [3.63, 3.8) is 0 Å². The van der Waals surface area contributed by atoms with Gasteiger partial charge in [-0.3, -0.25) is 10.0 Å². The summed E-state index contributed by atoms with van der Waals surface area (Å²) < 4.78 is 18.1. The molecule has 0 unspecified atom stereocenters. The molecule has 2 heterocycles. The summed E-state index contributed by atoms with van der Waals surface area (Å²) in [5.41, 5.74) is 2.33. The second-order valence-electron chi connectivity index (χ2n) is 9.20. The minimum absolute atomic E-state index is 0.269. The molecular weight excluding hydrogens is 488 g/mol. The van der Waals surface area contributed by atoms with Gasteiger partial charge in [-0.25, -0.2) is 14.8 Å². The summed E-state index contributed by atoms with van der Waals surface area (Å²) in [4.78, 5) is 32.5. The van der Waals surface area contributed by atoms with E-state index < -0.39 is 17.4 Å². The standard InChI is InChI=1S/C28H34N4O6/c1-6-32-24(20-9-13-22(37-4)14-10-20)23(19-7-11-21(36-3)12-8-19)29-25(32)28(26(33)38-5)15-17-31(18-16-28)27(34)30(2)35/h7-14,35H,6,15-18H2,1-5H3. The zero-order valence-electron chi connectivity index (χ0n) is 22.4. The van der Waals surface area contributed by atoms with Crippen LogP contribution in [0.25, 0.3) is 22.5 Å². The normalized spacial score (nSPS) is 14.6. The number of amides is 2. The average molecular weight is 523 g/mol. The fourth-order valence-electron chi connectivity index (χ4n) is 5.12. The van der Waals surface area contributed by atoms with Crippen LogP contribution in [0.4, 0.5) is 4.79 Å². The summed E-state index contributed by atoms with van der Waals surface area (Å²) >= 11 is 0. The van der Waals surface area contributed by atoms with Crippen molar-refractivity contribution in [3.8, 4) is 34.0 Å². The predicted molar refractivity (Wildman–Crippen MR) is 141 cm³/mol. The number of ether oxygens (including phenoxy) is 3. The van der Waals surface area contributed by atoms with Crippen molar-refractivity contribution in [2.24, 2.45) is 0 Å². The highest BCUT2D eigenvalue weighted by Gasteiger charge is 2.49. The quantitative estimate of drug-likeness (QED) is 0.282. The number of aromatic nitrogens is 2. The van der Waals surface area contributed by atoms with Gasteiger partial charge in [0.15, 0.2) is 0 Å². The zero-order chi connectivity index (χ0) is 27.4. The first-order valence-corrected chi connectivity index (χ1v) is 12.5. The van der Waals surface area contributed by atoms with Crippen LogP contribution in [-0.2, 0) is 21.5 Å². The Bertz CT molecular complexity index is 1280. The molecule has 2 amide bonds. The number of piperidine rings is 1. The predicted octanol–water partition coefficient (Wildman–Crippen LogP) is 4.20. The van der Waals surface area contributed by atoms with Gasteiger partial charge >= 0.3 is 12.0 Å². The number of hydrogen-bond donors (Lipinski definition) is 1. The van der Waals surface area contributed by atoms with E-state index in [0.717, 1.165) is 34.0 Å². The Balaban J connectivity index is 1.90. The van der Waals surface area contributed by atoms with Crippen LogP contribution in [-0.4, -0.2) is 78.2 Å². The summed E-state index contributed by atoms with van der Waals surface area (Å²) in [6, 6.07) is 14.9. The second-order valence-corrected chi connectivity index (χ2v) is 9.20. The van der Waals surface area contributed by atoms with Crippen molar-refractivity contribution in [2.45, 2.75) is 31.7 Å². The first-order chi connectivity index (χ1) is 18.3. The van der Waals surface area contributed by atoms with Crippen molar-refractivity contribution in [2.75, 3.05) is 41.5 Å². The lowest BCUT2D eigenvalue weighted by molar-refractivity contribution is -0.150. The molecule has 10 heteroatoms. The first kappa shape index (κ1) is 27.0. The van der Waals surface area contributed by atoms with Gasteiger partial charge in [-0.15, -0.1) is 0 Å². The van der Waals surface area contributed by atoms with Crippen LogP contribution in [0, 0.1) is 0 Å². The number of methoxy groups -OCH3 is 3. The van der Waals surface area contributed by atoms with Crippen LogP contribution in [0.15, 0.2) is 48.5 Å². The van der Waals surface area contributed by atoms with Gasteiger partial charge in [0.25, 0.3) is 0 Å². The number of likely N-dealkylation sites (tertiary alicyclic amines) is 1. The minimum atomic E-state index is -1.07. The average Bonchev–Trinajstić information content (AvgIpc) is 3.36. The van der Waals surface area contributed by atoms with Gasteiger partial charge in [-0.2, -0.15) is 0 Å². The molecule has 4 rings (SSSR count). The number of hydrogen-bond acceptors (Lipinski definition) is 7. The van der Waals surface area contributed by atoms with Gasteiger partial charge in [0, 0.05) is 37.8 Å². The van der Waals surface area contributed by atoms with Gasteiger partial charge in [0.05, 0.1) is 32.7 Å². The molecule has 0 saturated carbocycles. The maximum Gasteiger partial charge on any atom is 0.343 e. The fraction of sp³-hybridized carbons (Fsp3) is 0.393. The topological polar surface area (TPSA) is 106 Å². The lowest BCUT2D eigenvalue weighted by Gasteiger charge is -2.39. The largest absolute Gasteiger partial charge is 0.497 e. The summed E-state index contributed by atoms with van der Waals surface area (Å²) in [6.07, 6.45) is 0.612. The highest BCUT2D eigenvalue weighted by Crippen LogP contribution is 2.42. The van der Waals surface area contributed by atoms with Crippen molar-refractivity contribution in [1.29, 1.82) is 0 Å². The van der Waals surface area contributed by atoms with E-state index in [-0.39, 0.29) is 13.1 Å². The third kappa shape index (κ3) is 4.79. The fourth-order valence-corrected chi connectivity index (χ4v) is 5.12. The van der Waals surface area contributed by atoms with Gasteiger partial charge < -0.3 is 23.7 Å². The third-order valence-electron chi connectivity index (χ3n) is 7.18. The van der Waals surface area contributed by atoms with Crippen LogP contribution in [0.2, 0.25) is 0 Å². The number of nitrogens with zero attached hydrogens (tertiary/aromatic N) is 4. The maximum absolute atomic E-state index is 13.5. The molecule has 2 aromatic carbocycles. The number of benzene rings is 2. The summed E-state index contributed by atoms with van der Waals surface area (Å²) in [7, 11) is 5.90. The summed E-state index contributed by atoms with van der Waals surface area (Å²) in [6.45, 7) is 3.11. The summed E-state index contributed by atoms with van der Waals surface area (Å²) in [5, 5.41) is 10.2. The highest BCUT2D eigenvalue weighted by molar-refractivity contribution is 5.86. The molecule has 1 N–H and O–H groups in total. The Morgan fingerprint density at radius 1 is 0.947 bits per heavy atom. The van der Waals surface area contributed by atoms with Crippen molar-refractivity contribution >= 4 is 12.0 Å². The van der Waals surface area contributed by atoms with E-state index in [4.69, 9.17) is 19.2 Å². The Labute approximate surface area is 222 Å². The van der Waals surface area contributed by atoms with Gasteiger partial charge in [-0.1, -0.05) is 0 Å². The molecule has 0 bridgehead atoms. The molecule has 202 valence electrons. The second kappa shape index (κ2) is 11.1. The maximum atomic E-state index is 13.5. The smallest absolute Gasteiger partial charge is 0.343 e. The van der Waals surface area contributed by atoms with Crippen LogP contribution in [0.1, 0.15) is 25.6 Å². The van der Waals surface area contributed by atoms with Crippen LogP contribution in [0.5, 0.6) is 11.5 Å². The Morgan fingerprint density at radius 3 is 1.92 bits per heavy atom. The van der Waals surface area contributed by atoms with E-state index in [1.54, 1.807) is 14.2 Å². The van der Waals surface area contributed by atoms with Gasteiger partial charge in [0.2, 0.25) is 0 Å². The van der Waals surface area contributed by atoms with Crippen molar-refractivity contribution in [3.05, 3.63) is 54.4 Å². The lowest BCUT2D eigenvalue weighted by Crippen LogP contribution is -2.52. The van der Waals surface area contributed by atoms with Crippen molar-refractivity contribution in [1.82, 2.24) is 19.5 Å². The number of urea groups is 1. The number of imidazole rings is 1. The number of carbonyl (C=O) groups is 2. The molecule has 0 spiro atoms. The molecule has 0 atom stereocenters. The van der Waals surface area contributed by atoms with Gasteiger partial charge in [-0.05, 0) is 68.3 Å². The zero-order valence-corrected chi connectivity index (χ0v) is 22.4. The van der Waals surface area contributed by atoms with E-state index in [2.05, 4.69) is 4.57 Å². The minimum Gasteiger partial charge on any atom is -0.497 e. The summed E-state index contributed by atoms with van der Waals surface area (Å²) in [5.74, 6) is 1.66. The molecule has 1 fully saturated rings. The Morgan fingerprint density at radius 2 is 1.47 bits per heavy atom. The number of rotatable bonds is 7. The van der Waals surface area contributed by atoms with Crippen LogP contribution in [0.3, 0.4) is 0 Å². The van der Waals surface area contributed by atoms with E-state index in [9.17, 15) is 14.8 Å². The Hall–Kier alpha value is -4.05. The molecule has 0 radical (unpaired) electrons. The van der Waals surface area contributed by atoms with Gasteiger partial charge in [0.1, 0.15) is 22.7 Å². The van der Waals surface area contributed by atoms with E-state index in [1.165, 1.54) is 19.1 Å². The molecule has 1 aliphatic rings. The number of carbonyl (C=O) groups excluding carboxylic acids is 2.